The molecule has 1 aliphatic rings. The van der Waals surface area contributed by atoms with Crippen LogP contribution in [0.15, 0.2) is 18.2 Å². The Labute approximate surface area is 166 Å². The number of aryl methyl sites for hydroxylation is 1. The van der Waals surface area contributed by atoms with Crippen LogP contribution in [0.2, 0.25) is 0 Å². The van der Waals surface area contributed by atoms with Crippen LogP contribution in [0.5, 0.6) is 0 Å². The lowest BCUT2D eigenvalue weighted by molar-refractivity contribution is -0.125. The molecule has 1 heterocycles. The SMILES string of the molecule is Cc1ccc(NC(=O)CNC(=O)[C@@H](N)C(C)C)cc1N1CCCS1(=O)=O.Cl. The smallest absolute Gasteiger partial charge is 0.243 e. The van der Waals surface area contributed by atoms with Gasteiger partial charge in [0.15, 0.2) is 0 Å². The summed E-state index contributed by atoms with van der Waals surface area (Å²) in [6, 6.07) is 4.42. The molecule has 0 radical (unpaired) electrons. The maximum Gasteiger partial charge on any atom is 0.243 e. The number of benzene rings is 1. The molecule has 0 bridgehead atoms. The number of rotatable bonds is 6. The molecule has 0 saturated carbocycles. The second-order valence-corrected chi connectivity index (χ2v) is 8.79. The van der Waals surface area contributed by atoms with Crippen LogP contribution in [0.4, 0.5) is 11.4 Å². The molecular weight excluding hydrogens is 392 g/mol. The highest BCUT2D eigenvalue weighted by Crippen LogP contribution is 2.29. The van der Waals surface area contributed by atoms with Gasteiger partial charge < -0.3 is 16.4 Å². The van der Waals surface area contributed by atoms with Crippen molar-refractivity contribution in [3.05, 3.63) is 23.8 Å². The summed E-state index contributed by atoms with van der Waals surface area (Å²) >= 11 is 0. The van der Waals surface area contributed by atoms with E-state index in [0.29, 0.717) is 24.3 Å². The summed E-state index contributed by atoms with van der Waals surface area (Å²) in [4.78, 5) is 23.9. The van der Waals surface area contributed by atoms with Crippen molar-refractivity contribution in [1.29, 1.82) is 0 Å². The first-order valence-corrected chi connectivity index (χ1v) is 10.2. The third-order valence-corrected chi connectivity index (χ3v) is 6.16. The van der Waals surface area contributed by atoms with Crippen molar-refractivity contribution in [3.63, 3.8) is 0 Å². The first kappa shape index (κ1) is 23.2. The maximum atomic E-state index is 12.1. The second-order valence-electron chi connectivity index (χ2n) is 6.78. The predicted molar refractivity (Wildman–Crippen MR) is 109 cm³/mol. The highest BCUT2D eigenvalue weighted by molar-refractivity contribution is 7.93. The molecule has 0 aromatic heterocycles. The fourth-order valence-electron chi connectivity index (χ4n) is 2.66. The Morgan fingerprint density at radius 2 is 1.96 bits per heavy atom. The van der Waals surface area contributed by atoms with Gasteiger partial charge in [0.05, 0.1) is 24.0 Å². The van der Waals surface area contributed by atoms with Gasteiger partial charge in [-0.1, -0.05) is 19.9 Å². The zero-order chi connectivity index (χ0) is 19.5. The number of hydrogen-bond acceptors (Lipinski definition) is 5. The lowest BCUT2D eigenvalue weighted by atomic mass is 10.1. The fraction of sp³-hybridized carbons (Fsp3) is 0.529. The van der Waals surface area contributed by atoms with Crippen LogP contribution in [0.3, 0.4) is 0 Å². The van der Waals surface area contributed by atoms with Gasteiger partial charge in [-0.05, 0) is 37.0 Å². The van der Waals surface area contributed by atoms with Gasteiger partial charge in [0.1, 0.15) is 0 Å². The molecule has 1 atom stereocenters. The van der Waals surface area contributed by atoms with E-state index in [1.165, 1.54) is 4.31 Å². The van der Waals surface area contributed by atoms with Gasteiger partial charge >= 0.3 is 0 Å². The normalized spacial score (nSPS) is 16.6. The van der Waals surface area contributed by atoms with Gasteiger partial charge in [-0.3, -0.25) is 13.9 Å². The van der Waals surface area contributed by atoms with Gasteiger partial charge in [-0.25, -0.2) is 8.42 Å². The van der Waals surface area contributed by atoms with Crippen molar-refractivity contribution in [3.8, 4) is 0 Å². The van der Waals surface area contributed by atoms with Crippen LogP contribution in [-0.2, 0) is 19.6 Å². The number of sulfonamides is 1. The molecule has 1 aliphatic heterocycles. The number of nitrogens with two attached hydrogens (primary N) is 1. The highest BCUT2D eigenvalue weighted by Gasteiger charge is 2.29. The number of halogens is 1. The Balaban J connectivity index is 0.00000364. The number of anilines is 2. The van der Waals surface area contributed by atoms with Gasteiger partial charge in [0.25, 0.3) is 0 Å². The molecule has 10 heteroatoms. The molecule has 1 aromatic rings. The Morgan fingerprint density at radius 3 is 2.52 bits per heavy atom. The summed E-state index contributed by atoms with van der Waals surface area (Å²) < 4.78 is 25.6. The zero-order valence-corrected chi connectivity index (χ0v) is 17.3. The van der Waals surface area contributed by atoms with E-state index < -0.39 is 22.0 Å². The van der Waals surface area contributed by atoms with Crippen molar-refractivity contribution in [1.82, 2.24) is 5.32 Å². The molecule has 4 N–H and O–H groups in total. The third-order valence-electron chi connectivity index (χ3n) is 4.31. The number of carbonyl (C=O) groups excluding carboxylic acids is 2. The summed E-state index contributed by atoms with van der Waals surface area (Å²) in [5, 5.41) is 5.16. The Morgan fingerprint density at radius 1 is 1.30 bits per heavy atom. The minimum absolute atomic E-state index is 0. The first-order chi connectivity index (χ1) is 12.1. The molecule has 0 aliphatic carbocycles. The largest absolute Gasteiger partial charge is 0.346 e. The second kappa shape index (κ2) is 9.38. The van der Waals surface area contributed by atoms with Gasteiger partial charge in [-0.2, -0.15) is 0 Å². The topological polar surface area (TPSA) is 122 Å². The van der Waals surface area contributed by atoms with E-state index in [0.717, 1.165) is 5.56 Å². The minimum Gasteiger partial charge on any atom is -0.346 e. The summed E-state index contributed by atoms with van der Waals surface area (Å²) in [7, 11) is -3.30. The molecule has 1 saturated heterocycles. The zero-order valence-electron chi connectivity index (χ0n) is 15.7. The van der Waals surface area contributed by atoms with Crippen LogP contribution in [0, 0.1) is 12.8 Å². The summed E-state index contributed by atoms with van der Waals surface area (Å²) in [6.07, 6.45) is 0.584. The predicted octanol–water partition coefficient (Wildman–Crippen LogP) is 0.995. The molecule has 2 amide bonds. The van der Waals surface area contributed by atoms with Crippen LogP contribution < -0.4 is 20.7 Å². The van der Waals surface area contributed by atoms with Crippen LogP contribution in [0.1, 0.15) is 25.8 Å². The lowest BCUT2D eigenvalue weighted by Crippen LogP contribution is -2.46. The first-order valence-electron chi connectivity index (χ1n) is 8.56. The monoisotopic (exact) mass is 418 g/mol. The van der Waals surface area contributed by atoms with E-state index in [1.807, 2.05) is 20.8 Å². The Hall–Kier alpha value is -1.84. The molecule has 27 heavy (non-hydrogen) atoms. The van der Waals surface area contributed by atoms with E-state index in [9.17, 15) is 18.0 Å². The average Bonchev–Trinajstić information content (AvgIpc) is 2.92. The van der Waals surface area contributed by atoms with Crippen molar-refractivity contribution in [2.45, 2.75) is 33.2 Å². The molecule has 2 rings (SSSR count). The fourth-order valence-corrected chi connectivity index (χ4v) is 4.28. The van der Waals surface area contributed by atoms with Crippen molar-refractivity contribution in [2.75, 3.05) is 28.5 Å². The highest BCUT2D eigenvalue weighted by atomic mass is 35.5. The molecule has 152 valence electrons. The standard InChI is InChI=1S/C17H26N4O4S.ClH/c1-11(2)16(18)17(23)19-10-15(22)20-13-6-5-12(3)14(9-13)21-7-4-8-26(21,24)25;/h5-6,9,11,16H,4,7-8,10,18H2,1-3H3,(H,19,23)(H,20,22);1H/t16-;/m0./s1. The van der Waals surface area contributed by atoms with Crippen molar-refractivity contribution < 1.29 is 18.0 Å². The molecule has 8 nitrogen and oxygen atoms in total. The van der Waals surface area contributed by atoms with E-state index in [1.54, 1.807) is 18.2 Å². The number of carbonyl (C=O) groups is 2. The van der Waals surface area contributed by atoms with E-state index >= 15 is 0 Å². The van der Waals surface area contributed by atoms with Crippen LogP contribution in [-0.4, -0.2) is 45.1 Å². The maximum absolute atomic E-state index is 12.1. The lowest BCUT2D eigenvalue weighted by Gasteiger charge is -2.20. The number of hydrogen-bond donors (Lipinski definition) is 3. The van der Waals surface area contributed by atoms with E-state index in [-0.39, 0.29) is 36.5 Å². The Bertz CT molecular complexity index is 798. The quantitative estimate of drug-likeness (QED) is 0.636. The summed E-state index contributed by atoms with van der Waals surface area (Å²) in [5.41, 5.74) is 7.57. The van der Waals surface area contributed by atoms with Gasteiger partial charge in [0, 0.05) is 12.2 Å². The molecule has 1 fully saturated rings. The molecule has 0 spiro atoms. The number of nitrogens with one attached hydrogen (secondary N) is 2. The van der Waals surface area contributed by atoms with Crippen molar-refractivity contribution >= 4 is 45.6 Å². The number of amides is 2. The van der Waals surface area contributed by atoms with Gasteiger partial charge in [-0.15, -0.1) is 12.4 Å². The molecular formula is C17H27ClN4O4S. The van der Waals surface area contributed by atoms with E-state index in [2.05, 4.69) is 10.6 Å². The van der Waals surface area contributed by atoms with Gasteiger partial charge in [0.2, 0.25) is 21.8 Å². The summed E-state index contributed by atoms with van der Waals surface area (Å²) in [5.74, 6) is -0.693. The van der Waals surface area contributed by atoms with Crippen LogP contribution in [0.25, 0.3) is 0 Å². The molecule has 1 aromatic carbocycles. The average molecular weight is 419 g/mol. The van der Waals surface area contributed by atoms with Crippen LogP contribution >= 0.6 is 12.4 Å². The number of nitrogens with zero attached hydrogens (tertiary/aromatic N) is 1. The minimum atomic E-state index is -3.30. The third kappa shape index (κ3) is 5.82. The van der Waals surface area contributed by atoms with Crippen molar-refractivity contribution in [2.24, 2.45) is 11.7 Å². The summed E-state index contributed by atoms with van der Waals surface area (Å²) in [6.45, 7) is 5.70. The van der Waals surface area contributed by atoms with E-state index in [4.69, 9.17) is 5.73 Å². The molecule has 0 unspecified atom stereocenters. The Kier molecular flexibility index (Phi) is 8.06.